The predicted octanol–water partition coefficient (Wildman–Crippen LogP) is -0.279. The zero-order valence-electron chi connectivity index (χ0n) is 7.49. The lowest BCUT2D eigenvalue weighted by molar-refractivity contribution is 0.0508. The molecule has 5 N–H and O–H groups in total. The fourth-order valence-electron chi connectivity index (χ4n) is 1.06. The molecular formula is C9H9NO5. The van der Waals surface area contributed by atoms with Gasteiger partial charge in [0, 0.05) is 5.56 Å². The molecule has 0 saturated heterocycles. The number of aliphatic hydroxyl groups is 2. The van der Waals surface area contributed by atoms with Crippen LogP contribution in [0.2, 0.25) is 0 Å². The molecule has 1 aromatic carbocycles. The van der Waals surface area contributed by atoms with Crippen molar-refractivity contribution in [3.63, 3.8) is 0 Å². The summed E-state index contributed by atoms with van der Waals surface area (Å²) < 4.78 is 0. The van der Waals surface area contributed by atoms with E-state index in [0.29, 0.717) is 0 Å². The molecule has 0 bridgehead atoms. The minimum atomic E-state index is -1.72. The first kappa shape index (κ1) is 11.1. The molecule has 2 atom stereocenters. The number of hydrogen-bond donors (Lipinski definition) is 5. The molecule has 15 heavy (non-hydrogen) atoms. The van der Waals surface area contributed by atoms with Gasteiger partial charge in [-0.2, -0.15) is 5.26 Å². The number of rotatable bonds is 2. The molecule has 0 fully saturated rings. The summed E-state index contributed by atoms with van der Waals surface area (Å²) in [5, 5.41) is 54.1. The fraction of sp³-hybridized carbons (Fsp3) is 0.222. The van der Waals surface area contributed by atoms with Crippen LogP contribution in [0, 0.1) is 11.3 Å². The molecule has 0 amide bonds. The minimum absolute atomic E-state index is 0.237. The molecule has 0 aliphatic carbocycles. The van der Waals surface area contributed by atoms with E-state index < -0.39 is 29.5 Å². The average Bonchev–Trinajstić information content (AvgIpc) is 2.24. The number of phenols is 3. The Labute approximate surface area is 84.9 Å². The van der Waals surface area contributed by atoms with Gasteiger partial charge < -0.3 is 25.5 Å². The second-order valence-corrected chi connectivity index (χ2v) is 2.89. The van der Waals surface area contributed by atoms with Crippen LogP contribution in [-0.4, -0.2) is 31.6 Å². The van der Waals surface area contributed by atoms with Crippen molar-refractivity contribution in [1.82, 2.24) is 0 Å². The lowest BCUT2D eigenvalue weighted by Crippen LogP contribution is -2.15. The van der Waals surface area contributed by atoms with Crippen molar-refractivity contribution in [1.29, 1.82) is 5.26 Å². The monoisotopic (exact) mass is 211 g/mol. The highest BCUT2D eigenvalue weighted by Gasteiger charge is 2.23. The predicted molar refractivity (Wildman–Crippen MR) is 48.0 cm³/mol. The standard InChI is InChI=1S/C9H9NO5/c10-3-6(12)7(13)4-1-2-5(11)9(15)8(4)14/h1-2,6-7,11-15H. The highest BCUT2D eigenvalue weighted by Crippen LogP contribution is 2.40. The van der Waals surface area contributed by atoms with Crippen LogP contribution in [0.5, 0.6) is 17.2 Å². The summed E-state index contributed by atoms with van der Waals surface area (Å²) in [6.45, 7) is 0. The Morgan fingerprint density at radius 3 is 2.20 bits per heavy atom. The Morgan fingerprint density at radius 2 is 1.67 bits per heavy atom. The van der Waals surface area contributed by atoms with E-state index in [9.17, 15) is 10.2 Å². The molecule has 1 rings (SSSR count). The van der Waals surface area contributed by atoms with E-state index in [2.05, 4.69) is 0 Å². The molecule has 0 radical (unpaired) electrons. The summed E-state index contributed by atoms with van der Waals surface area (Å²) in [4.78, 5) is 0. The third kappa shape index (κ3) is 1.93. The smallest absolute Gasteiger partial charge is 0.200 e. The molecule has 0 heterocycles. The molecule has 6 heteroatoms. The quantitative estimate of drug-likeness (QED) is 0.338. The number of aliphatic hydroxyl groups excluding tert-OH is 2. The Hall–Kier alpha value is -1.97. The second-order valence-electron chi connectivity index (χ2n) is 2.89. The van der Waals surface area contributed by atoms with E-state index in [1.165, 1.54) is 6.07 Å². The van der Waals surface area contributed by atoms with E-state index in [1.807, 2.05) is 0 Å². The van der Waals surface area contributed by atoms with E-state index in [0.717, 1.165) is 12.1 Å². The van der Waals surface area contributed by atoms with Gasteiger partial charge in [0.05, 0.1) is 6.07 Å². The van der Waals surface area contributed by atoms with Gasteiger partial charge in [-0.15, -0.1) is 0 Å². The van der Waals surface area contributed by atoms with Gasteiger partial charge in [0.2, 0.25) is 5.75 Å². The number of benzene rings is 1. The number of nitrogens with zero attached hydrogens (tertiary/aromatic N) is 1. The third-order valence-electron chi connectivity index (χ3n) is 1.91. The maximum Gasteiger partial charge on any atom is 0.200 e. The van der Waals surface area contributed by atoms with Gasteiger partial charge in [0.15, 0.2) is 17.6 Å². The molecule has 0 saturated carbocycles. The van der Waals surface area contributed by atoms with E-state index in [-0.39, 0.29) is 5.56 Å². The number of phenolic OH excluding ortho intramolecular Hbond substituents is 3. The number of nitriles is 1. The van der Waals surface area contributed by atoms with Crippen molar-refractivity contribution in [2.45, 2.75) is 12.2 Å². The molecule has 1 aromatic rings. The summed E-state index contributed by atoms with van der Waals surface area (Å²) in [6.07, 6.45) is -3.37. The van der Waals surface area contributed by atoms with E-state index in [4.69, 9.17) is 20.6 Å². The first-order chi connectivity index (χ1) is 6.99. The molecule has 0 spiro atoms. The van der Waals surface area contributed by atoms with Crippen LogP contribution in [0.4, 0.5) is 0 Å². The lowest BCUT2D eigenvalue weighted by atomic mass is 10.0. The zero-order valence-corrected chi connectivity index (χ0v) is 7.49. The van der Waals surface area contributed by atoms with Gasteiger partial charge in [0.25, 0.3) is 0 Å². The minimum Gasteiger partial charge on any atom is -0.504 e. The van der Waals surface area contributed by atoms with Gasteiger partial charge in [-0.1, -0.05) is 0 Å². The highest BCUT2D eigenvalue weighted by molar-refractivity contribution is 5.54. The van der Waals surface area contributed by atoms with Gasteiger partial charge in [-0.05, 0) is 12.1 Å². The fourth-order valence-corrected chi connectivity index (χ4v) is 1.06. The summed E-state index contributed by atoms with van der Waals surface area (Å²) in [5.41, 5.74) is -0.237. The highest BCUT2D eigenvalue weighted by atomic mass is 16.3. The Balaban J connectivity index is 3.17. The van der Waals surface area contributed by atoms with Gasteiger partial charge in [0.1, 0.15) is 6.10 Å². The summed E-state index contributed by atoms with van der Waals surface area (Å²) >= 11 is 0. The summed E-state index contributed by atoms with van der Waals surface area (Å²) in [7, 11) is 0. The molecule has 0 aliphatic heterocycles. The van der Waals surface area contributed by atoms with Gasteiger partial charge in [-0.3, -0.25) is 0 Å². The van der Waals surface area contributed by atoms with Gasteiger partial charge in [-0.25, -0.2) is 0 Å². The van der Waals surface area contributed by atoms with E-state index >= 15 is 0 Å². The Morgan fingerprint density at radius 1 is 1.07 bits per heavy atom. The van der Waals surface area contributed by atoms with E-state index in [1.54, 1.807) is 0 Å². The average molecular weight is 211 g/mol. The molecular weight excluding hydrogens is 202 g/mol. The van der Waals surface area contributed by atoms with Crippen LogP contribution in [0.25, 0.3) is 0 Å². The Kier molecular flexibility index (Phi) is 2.99. The molecule has 0 aliphatic rings. The summed E-state index contributed by atoms with van der Waals surface area (Å²) in [6, 6.07) is 3.49. The SMILES string of the molecule is N#CC(O)C(O)c1ccc(O)c(O)c1O. The Bertz CT molecular complexity index is 412. The van der Waals surface area contributed by atoms with Crippen LogP contribution >= 0.6 is 0 Å². The maximum absolute atomic E-state index is 9.36. The lowest BCUT2D eigenvalue weighted by Gasteiger charge is -2.14. The van der Waals surface area contributed by atoms with Crippen LogP contribution in [-0.2, 0) is 0 Å². The largest absolute Gasteiger partial charge is 0.504 e. The van der Waals surface area contributed by atoms with Gasteiger partial charge >= 0.3 is 0 Å². The summed E-state index contributed by atoms with van der Waals surface area (Å²) in [5.74, 6) is -2.14. The van der Waals surface area contributed by atoms with Crippen molar-refractivity contribution in [2.24, 2.45) is 0 Å². The topological polar surface area (TPSA) is 125 Å². The molecule has 6 nitrogen and oxygen atoms in total. The molecule has 80 valence electrons. The van der Waals surface area contributed by atoms with Crippen molar-refractivity contribution >= 4 is 0 Å². The van der Waals surface area contributed by atoms with Crippen molar-refractivity contribution in [3.05, 3.63) is 17.7 Å². The van der Waals surface area contributed by atoms with Crippen LogP contribution in [0.3, 0.4) is 0 Å². The third-order valence-corrected chi connectivity index (χ3v) is 1.91. The first-order valence-electron chi connectivity index (χ1n) is 3.98. The van der Waals surface area contributed by atoms with Crippen molar-refractivity contribution in [2.75, 3.05) is 0 Å². The zero-order chi connectivity index (χ0) is 11.6. The maximum atomic E-state index is 9.36. The normalized spacial score (nSPS) is 14.2. The van der Waals surface area contributed by atoms with Crippen LogP contribution in [0.1, 0.15) is 11.7 Å². The first-order valence-corrected chi connectivity index (χ1v) is 3.98. The molecule has 2 unspecified atom stereocenters. The van der Waals surface area contributed by atoms with Crippen molar-refractivity contribution in [3.8, 4) is 23.3 Å². The van der Waals surface area contributed by atoms with Crippen LogP contribution in [0.15, 0.2) is 12.1 Å². The number of aromatic hydroxyl groups is 3. The van der Waals surface area contributed by atoms with Crippen molar-refractivity contribution < 1.29 is 25.5 Å². The second kappa shape index (κ2) is 4.04. The molecule has 0 aromatic heterocycles. The number of hydrogen-bond acceptors (Lipinski definition) is 6. The van der Waals surface area contributed by atoms with Crippen LogP contribution < -0.4 is 0 Å².